The largest absolute Gasteiger partial charge is 1.00 e. The van der Waals surface area contributed by atoms with Crippen LogP contribution in [0.5, 0.6) is 0 Å². The van der Waals surface area contributed by atoms with Crippen molar-refractivity contribution in [3.63, 3.8) is 0 Å². The fourth-order valence-corrected chi connectivity index (χ4v) is 3.92. The summed E-state index contributed by atoms with van der Waals surface area (Å²) in [7, 11) is 2.21. The summed E-state index contributed by atoms with van der Waals surface area (Å²) in [6.45, 7) is -1.59. The maximum absolute atomic E-state index is 12.5. The Hall–Kier alpha value is -0.920. The van der Waals surface area contributed by atoms with Crippen LogP contribution in [0.3, 0.4) is 0 Å². The molecule has 0 aliphatic carbocycles. The van der Waals surface area contributed by atoms with Gasteiger partial charge in [-0.15, -0.1) is 0 Å². The average Bonchev–Trinajstić information content (AvgIpc) is 2.80. The summed E-state index contributed by atoms with van der Waals surface area (Å²) in [6.07, 6.45) is -17.0. The van der Waals surface area contributed by atoms with E-state index < -0.39 is 96.8 Å². The maximum Gasteiger partial charge on any atom is 1.00 e. The van der Waals surface area contributed by atoms with E-state index >= 15 is 0 Å². The third-order valence-electron chi connectivity index (χ3n) is 5.93. The quantitative estimate of drug-likeness (QED) is 0.147. The molecule has 0 bridgehead atoms. The first-order valence-corrected chi connectivity index (χ1v) is 10.0. The van der Waals surface area contributed by atoms with Crippen molar-refractivity contribution in [1.29, 1.82) is 0 Å². The van der Waals surface area contributed by atoms with Crippen LogP contribution in [0.1, 0.15) is 11.7 Å². The summed E-state index contributed by atoms with van der Waals surface area (Å²) in [6, 6.07) is 0. The van der Waals surface area contributed by atoms with Gasteiger partial charge in [-0.1, -0.05) is 0 Å². The summed E-state index contributed by atoms with van der Waals surface area (Å²) >= 11 is 0. The van der Waals surface area contributed by atoms with E-state index in [0.717, 1.165) is 14.1 Å². The number of aliphatic hydroxyl groups excluding tert-OH is 7. The monoisotopic (exact) mass is 502 g/mol. The van der Waals surface area contributed by atoms with Crippen LogP contribution in [0.15, 0.2) is 14.4 Å². The van der Waals surface area contributed by atoms with Crippen molar-refractivity contribution >= 4 is 0 Å². The molecule has 15 nitrogen and oxygen atoms in total. The Balaban J connectivity index is 0.00000408. The summed E-state index contributed by atoms with van der Waals surface area (Å²) in [4.78, 5) is 37.0. The fourth-order valence-electron chi connectivity index (χ4n) is 3.92. The Kier molecular flexibility index (Phi) is 9.85. The van der Waals surface area contributed by atoms with E-state index in [1.54, 1.807) is 0 Å². The summed E-state index contributed by atoms with van der Waals surface area (Å²) in [5.41, 5.74) is -3.70. The van der Waals surface area contributed by atoms with Gasteiger partial charge >= 0.3 is 35.2 Å². The SMILES string of the molecule is Cn1c(=O)[c-]([C@@H]2O[C@H](CO)[C@@H](O[C@@H]3O[C@H](CO)[C@H](O)[C@H](O)[C@H]3O)[C@H](O)[C@H]2O)c(=O)n(C)c1=O.[Na+]. The van der Waals surface area contributed by atoms with Crippen molar-refractivity contribution in [3.05, 3.63) is 36.8 Å². The zero-order valence-electron chi connectivity index (χ0n) is 18.7. The Morgan fingerprint density at radius 2 is 1.32 bits per heavy atom. The molecule has 3 heterocycles. The molecule has 0 unspecified atom stereocenters. The Bertz CT molecular complexity index is 980. The molecule has 7 N–H and O–H groups in total. The molecule has 188 valence electrons. The first-order valence-electron chi connectivity index (χ1n) is 10.0. The van der Waals surface area contributed by atoms with Crippen molar-refractivity contribution in [2.75, 3.05) is 13.2 Å². The second-order valence-corrected chi connectivity index (χ2v) is 7.98. The van der Waals surface area contributed by atoms with Gasteiger partial charge in [-0.2, -0.15) is 5.56 Å². The van der Waals surface area contributed by atoms with Gasteiger partial charge in [0, 0.05) is 14.1 Å². The van der Waals surface area contributed by atoms with Gasteiger partial charge in [0.25, 0.3) is 0 Å². The molecule has 10 atom stereocenters. The predicted octanol–water partition coefficient (Wildman–Crippen LogP) is -9.49. The molecule has 1 aromatic rings. The first kappa shape index (κ1) is 29.3. The van der Waals surface area contributed by atoms with Gasteiger partial charge in [0.2, 0.25) is 0 Å². The second-order valence-electron chi connectivity index (χ2n) is 7.98. The normalized spacial score (nSPS) is 38.4. The molecule has 3 rings (SSSR count). The minimum atomic E-state index is -1.96. The molecule has 0 saturated carbocycles. The van der Waals surface area contributed by atoms with E-state index in [9.17, 15) is 50.1 Å². The number of rotatable bonds is 5. The standard InChI is InChI=1S/C18H27N2O13.Na/c1-19-15(28)7(16(29)20(2)18(19)30)14-11(26)10(25)13(6(4-22)31-14)33-17-12(27)9(24)8(23)5(3-21)32-17;/h5-6,8-14,17,21-27H,3-4H2,1-2H3;/q-1;+1/t5-,6-,8+,9+,10-,11-,12-,13-,14+,17+;/m1./s1. The molecule has 0 aromatic carbocycles. The molecule has 2 aliphatic rings. The van der Waals surface area contributed by atoms with Gasteiger partial charge in [0.05, 0.1) is 19.3 Å². The van der Waals surface area contributed by atoms with Gasteiger partial charge in [-0.25, -0.2) is 4.79 Å². The number of hydrogen-bond acceptors (Lipinski definition) is 13. The smallest absolute Gasteiger partial charge is 0.395 e. The zero-order chi connectivity index (χ0) is 24.8. The third-order valence-corrected chi connectivity index (χ3v) is 5.93. The number of ether oxygens (including phenoxy) is 3. The minimum Gasteiger partial charge on any atom is -0.395 e. The molecular formula is C18H27N2NaO13. The average molecular weight is 502 g/mol. The summed E-state index contributed by atoms with van der Waals surface area (Å²) < 4.78 is 17.4. The van der Waals surface area contributed by atoms with Crippen LogP contribution < -0.4 is 46.4 Å². The van der Waals surface area contributed by atoms with Crippen LogP contribution >= 0.6 is 0 Å². The molecule has 16 heteroatoms. The van der Waals surface area contributed by atoms with Crippen molar-refractivity contribution in [3.8, 4) is 0 Å². The predicted molar refractivity (Wildman–Crippen MR) is 104 cm³/mol. The van der Waals surface area contributed by atoms with E-state index in [-0.39, 0.29) is 29.6 Å². The fraction of sp³-hybridized carbons (Fsp3) is 0.778. The number of hydrogen-bond donors (Lipinski definition) is 7. The topological polar surface area (TPSA) is 230 Å². The molecule has 2 saturated heterocycles. The van der Waals surface area contributed by atoms with Crippen LogP contribution in [-0.4, -0.2) is 113 Å². The third kappa shape index (κ3) is 4.99. The molecule has 1 aromatic heterocycles. The Morgan fingerprint density at radius 1 is 0.794 bits per heavy atom. The van der Waals surface area contributed by atoms with Gasteiger partial charge in [-0.3, -0.25) is 9.13 Å². The molecule has 0 amide bonds. The van der Waals surface area contributed by atoms with Crippen LogP contribution in [-0.2, 0) is 28.3 Å². The van der Waals surface area contributed by atoms with Crippen LogP contribution in [0.4, 0.5) is 0 Å². The molecule has 0 spiro atoms. The van der Waals surface area contributed by atoms with Crippen LogP contribution in [0.25, 0.3) is 0 Å². The van der Waals surface area contributed by atoms with Crippen LogP contribution in [0.2, 0.25) is 0 Å². The maximum atomic E-state index is 12.5. The molecule has 2 fully saturated rings. The number of aromatic nitrogens is 2. The number of aliphatic hydroxyl groups is 7. The molecule has 0 radical (unpaired) electrons. The molecule has 34 heavy (non-hydrogen) atoms. The Labute approximate surface area is 213 Å². The summed E-state index contributed by atoms with van der Waals surface area (Å²) in [5, 5.41) is 70.2. The van der Waals surface area contributed by atoms with Gasteiger partial charge in [0.15, 0.2) is 6.29 Å². The Morgan fingerprint density at radius 3 is 1.82 bits per heavy atom. The van der Waals surface area contributed by atoms with Crippen molar-refractivity contribution in [1.82, 2.24) is 9.13 Å². The van der Waals surface area contributed by atoms with E-state index in [1.807, 2.05) is 0 Å². The van der Waals surface area contributed by atoms with E-state index in [0.29, 0.717) is 9.13 Å². The van der Waals surface area contributed by atoms with Crippen molar-refractivity contribution < 1.29 is 79.5 Å². The van der Waals surface area contributed by atoms with Crippen LogP contribution in [0, 0.1) is 0 Å². The van der Waals surface area contributed by atoms with Gasteiger partial charge in [0.1, 0.15) is 53.8 Å². The van der Waals surface area contributed by atoms with Crippen molar-refractivity contribution in [2.45, 2.75) is 61.2 Å². The molecular weight excluding hydrogens is 475 g/mol. The first-order chi connectivity index (χ1) is 15.5. The van der Waals surface area contributed by atoms with Gasteiger partial charge in [-0.05, 0) is 6.10 Å². The number of nitrogens with zero attached hydrogens (tertiary/aromatic N) is 2. The zero-order valence-corrected chi connectivity index (χ0v) is 20.7. The second kappa shape index (κ2) is 11.4. The van der Waals surface area contributed by atoms with E-state index in [1.165, 1.54) is 0 Å². The summed E-state index contributed by atoms with van der Waals surface area (Å²) in [5.74, 6) is 0. The van der Waals surface area contributed by atoms with E-state index in [2.05, 4.69) is 0 Å². The van der Waals surface area contributed by atoms with E-state index in [4.69, 9.17) is 14.2 Å². The molecule has 2 aliphatic heterocycles. The van der Waals surface area contributed by atoms with Crippen molar-refractivity contribution in [2.24, 2.45) is 14.1 Å². The minimum absolute atomic E-state index is 0. The van der Waals surface area contributed by atoms with Gasteiger partial charge < -0.3 is 59.5 Å².